The number of unbranched alkanes of at least 4 members (excludes halogenated alkanes) is 11. The first-order valence-electron chi connectivity index (χ1n) is 14.8. The second-order valence-electron chi connectivity index (χ2n) is 10.3. The van der Waals surface area contributed by atoms with Crippen molar-refractivity contribution in [2.24, 2.45) is 5.92 Å². The molecule has 0 heterocycles. The molecule has 206 valence electrons. The number of hydrogen-bond donors (Lipinski definition) is 1. The molecule has 6 nitrogen and oxygen atoms in total. The van der Waals surface area contributed by atoms with Crippen LogP contribution in [0.15, 0.2) is 0 Å². The Morgan fingerprint density at radius 1 is 0.743 bits per heavy atom. The van der Waals surface area contributed by atoms with E-state index >= 15 is 0 Å². The van der Waals surface area contributed by atoms with E-state index in [1.807, 2.05) is 0 Å². The number of esters is 2. The molecular formula is C29H55NO5. The van der Waals surface area contributed by atoms with Gasteiger partial charge < -0.3 is 14.6 Å². The van der Waals surface area contributed by atoms with Crippen LogP contribution in [0, 0.1) is 5.92 Å². The Morgan fingerprint density at radius 3 is 1.71 bits per heavy atom. The maximum atomic E-state index is 12.8. The molecule has 0 aromatic carbocycles. The van der Waals surface area contributed by atoms with Gasteiger partial charge in [0.15, 0.2) is 5.92 Å². The lowest BCUT2D eigenvalue weighted by Gasteiger charge is -2.37. The molecule has 0 bridgehead atoms. The number of nitrogens with zero attached hydrogens (tertiary/aromatic N) is 1. The van der Waals surface area contributed by atoms with Crippen molar-refractivity contribution in [3.05, 3.63) is 0 Å². The predicted molar refractivity (Wildman–Crippen MR) is 142 cm³/mol. The molecule has 0 aromatic rings. The van der Waals surface area contributed by atoms with Gasteiger partial charge in [-0.3, -0.25) is 14.5 Å². The van der Waals surface area contributed by atoms with Crippen LogP contribution in [-0.2, 0) is 19.1 Å². The first-order valence-corrected chi connectivity index (χ1v) is 14.8. The normalized spacial score (nSPS) is 13.9. The Kier molecular flexibility index (Phi) is 20.1. The van der Waals surface area contributed by atoms with Crippen molar-refractivity contribution in [2.45, 2.75) is 135 Å². The number of hydrogen-bond acceptors (Lipinski definition) is 6. The molecule has 1 saturated carbocycles. The van der Waals surface area contributed by atoms with Crippen LogP contribution in [-0.4, -0.2) is 60.9 Å². The van der Waals surface area contributed by atoms with E-state index < -0.39 is 17.9 Å². The molecule has 0 amide bonds. The quantitative estimate of drug-likeness (QED) is 0.0941. The monoisotopic (exact) mass is 497 g/mol. The molecule has 0 atom stereocenters. The first-order chi connectivity index (χ1) is 17.1. The van der Waals surface area contributed by atoms with E-state index in [0.29, 0.717) is 32.2 Å². The van der Waals surface area contributed by atoms with Gasteiger partial charge in [0.05, 0.1) is 19.8 Å². The van der Waals surface area contributed by atoms with Crippen LogP contribution in [0.5, 0.6) is 0 Å². The fourth-order valence-corrected chi connectivity index (χ4v) is 4.66. The van der Waals surface area contributed by atoms with Crippen LogP contribution in [0.2, 0.25) is 0 Å². The summed E-state index contributed by atoms with van der Waals surface area (Å²) >= 11 is 0. The second-order valence-corrected chi connectivity index (χ2v) is 10.3. The highest BCUT2D eigenvalue weighted by Gasteiger charge is 2.30. The molecule has 0 unspecified atom stereocenters. The number of aliphatic hydroxyl groups is 1. The molecule has 0 aliphatic heterocycles. The molecule has 0 spiro atoms. The average Bonchev–Trinajstić information content (AvgIpc) is 2.81. The lowest BCUT2D eigenvalue weighted by atomic mass is 9.91. The van der Waals surface area contributed by atoms with E-state index in [-0.39, 0.29) is 6.61 Å². The van der Waals surface area contributed by atoms with Crippen LogP contribution in [0.1, 0.15) is 129 Å². The summed E-state index contributed by atoms with van der Waals surface area (Å²) in [5.74, 6) is -1.65. The summed E-state index contributed by atoms with van der Waals surface area (Å²) in [4.78, 5) is 27.9. The zero-order chi connectivity index (χ0) is 25.6. The van der Waals surface area contributed by atoms with Gasteiger partial charge in [0.25, 0.3) is 0 Å². The smallest absolute Gasteiger partial charge is 0.320 e. The zero-order valence-electron chi connectivity index (χ0n) is 22.9. The number of aliphatic hydroxyl groups excluding tert-OH is 1. The summed E-state index contributed by atoms with van der Waals surface area (Å²) in [7, 11) is 0. The molecule has 1 aliphatic rings. The van der Waals surface area contributed by atoms with Crippen molar-refractivity contribution >= 4 is 11.9 Å². The molecule has 1 aliphatic carbocycles. The minimum atomic E-state index is -0.815. The van der Waals surface area contributed by atoms with Gasteiger partial charge in [0.1, 0.15) is 0 Å². The third kappa shape index (κ3) is 15.6. The maximum absolute atomic E-state index is 12.8. The summed E-state index contributed by atoms with van der Waals surface area (Å²) in [6, 6.07) is 0.586. The van der Waals surface area contributed by atoms with Crippen molar-refractivity contribution in [2.75, 3.05) is 32.9 Å². The minimum Gasteiger partial charge on any atom is -0.465 e. The van der Waals surface area contributed by atoms with E-state index in [9.17, 15) is 14.7 Å². The SMILES string of the molecule is CCCCCCCCOC(=O)C(CCCCN(CCO)C1CCC1)C(=O)OCCCCCCCC. The topological polar surface area (TPSA) is 76.1 Å². The van der Waals surface area contributed by atoms with Gasteiger partial charge in [-0.25, -0.2) is 0 Å². The lowest BCUT2D eigenvalue weighted by Crippen LogP contribution is -2.42. The number of carbonyl (C=O) groups is 2. The lowest BCUT2D eigenvalue weighted by molar-refractivity contribution is -0.162. The highest BCUT2D eigenvalue weighted by atomic mass is 16.6. The summed E-state index contributed by atoms with van der Waals surface area (Å²) in [6.07, 6.45) is 19.4. The summed E-state index contributed by atoms with van der Waals surface area (Å²) in [5, 5.41) is 9.36. The van der Waals surface area contributed by atoms with Crippen LogP contribution in [0.3, 0.4) is 0 Å². The Morgan fingerprint density at radius 2 is 1.26 bits per heavy atom. The van der Waals surface area contributed by atoms with E-state index in [1.165, 1.54) is 70.6 Å². The molecule has 35 heavy (non-hydrogen) atoms. The van der Waals surface area contributed by atoms with E-state index in [4.69, 9.17) is 9.47 Å². The van der Waals surface area contributed by atoms with Crippen molar-refractivity contribution in [1.82, 2.24) is 4.90 Å². The number of rotatable bonds is 24. The molecule has 6 heteroatoms. The Balaban J connectivity index is 2.41. The van der Waals surface area contributed by atoms with E-state index in [2.05, 4.69) is 18.7 Å². The highest BCUT2D eigenvalue weighted by molar-refractivity contribution is 5.94. The number of carbonyl (C=O) groups excluding carboxylic acids is 2. The summed E-state index contributed by atoms with van der Waals surface area (Å²) in [5.41, 5.74) is 0. The van der Waals surface area contributed by atoms with Crippen molar-refractivity contribution in [1.29, 1.82) is 0 Å². The third-order valence-corrected chi connectivity index (χ3v) is 7.22. The maximum Gasteiger partial charge on any atom is 0.320 e. The fraction of sp³-hybridized carbons (Fsp3) is 0.931. The van der Waals surface area contributed by atoms with Gasteiger partial charge in [-0.2, -0.15) is 0 Å². The van der Waals surface area contributed by atoms with Gasteiger partial charge in [0.2, 0.25) is 0 Å². The Bertz CT molecular complexity index is 493. The van der Waals surface area contributed by atoms with E-state index in [0.717, 1.165) is 45.1 Å². The summed E-state index contributed by atoms with van der Waals surface area (Å²) in [6.45, 7) is 6.95. The molecule has 1 rings (SSSR count). The van der Waals surface area contributed by atoms with Crippen LogP contribution >= 0.6 is 0 Å². The number of ether oxygens (including phenoxy) is 2. The fourth-order valence-electron chi connectivity index (χ4n) is 4.66. The van der Waals surface area contributed by atoms with Gasteiger partial charge in [-0.1, -0.05) is 90.9 Å². The van der Waals surface area contributed by atoms with Crippen molar-refractivity contribution in [3.63, 3.8) is 0 Å². The first kappa shape index (κ1) is 31.9. The van der Waals surface area contributed by atoms with Crippen LogP contribution in [0.4, 0.5) is 0 Å². The third-order valence-electron chi connectivity index (χ3n) is 7.22. The van der Waals surface area contributed by atoms with Crippen molar-refractivity contribution in [3.8, 4) is 0 Å². The van der Waals surface area contributed by atoms with E-state index in [1.54, 1.807) is 0 Å². The minimum absolute atomic E-state index is 0.175. The zero-order valence-corrected chi connectivity index (χ0v) is 22.9. The molecule has 0 radical (unpaired) electrons. The van der Waals surface area contributed by atoms with Gasteiger partial charge in [-0.05, 0) is 45.1 Å². The van der Waals surface area contributed by atoms with Crippen molar-refractivity contribution < 1.29 is 24.2 Å². The van der Waals surface area contributed by atoms with Gasteiger partial charge in [-0.15, -0.1) is 0 Å². The molecule has 1 fully saturated rings. The average molecular weight is 498 g/mol. The molecule has 1 N–H and O–H groups in total. The molecule has 0 saturated heterocycles. The van der Waals surface area contributed by atoms with Gasteiger partial charge in [0, 0.05) is 12.6 Å². The van der Waals surface area contributed by atoms with Crippen LogP contribution < -0.4 is 0 Å². The summed E-state index contributed by atoms with van der Waals surface area (Å²) < 4.78 is 11.0. The molecular weight excluding hydrogens is 442 g/mol. The molecule has 0 aromatic heterocycles. The Hall–Kier alpha value is -1.14. The largest absolute Gasteiger partial charge is 0.465 e. The highest BCUT2D eigenvalue weighted by Crippen LogP contribution is 2.25. The van der Waals surface area contributed by atoms with Crippen LogP contribution in [0.25, 0.3) is 0 Å². The predicted octanol–water partition coefficient (Wildman–Crippen LogP) is 6.43. The van der Waals surface area contributed by atoms with Gasteiger partial charge >= 0.3 is 11.9 Å². The standard InChI is InChI=1S/C29H55NO5/c1-3-5-7-9-11-15-24-34-28(32)27(29(33)35-25-16-12-10-8-6-4-2)20-13-14-21-30(22-23-31)26-18-17-19-26/h26-27,31H,3-25H2,1-2H3. The Labute approximate surface area is 215 Å². The second kappa shape index (κ2) is 22.1.